The Morgan fingerprint density at radius 3 is 1.74 bits per heavy atom. The molecule has 0 rings (SSSR count). The summed E-state index contributed by atoms with van der Waals surface area (Å²) in [7, 11) is 10.1. The van der Waals surface area contributed by atoms with Gasteiger partial charge in [-0.2, -0.15) is 0 Å². The van der Waals surface area contributed by atoms with Crippen LogP contribution in [0.5, 0.6) is 0 Å². The summed E-state index contributed by atoms with van der Waals surface area (Å²) in [5.41, 5.74) is 0. The maximum absolute atomic E-state index is 11.5. The smallest absolute Gasteiger partial charge is 0.305 e. The van der Waals surface area contributed by atoms with Gasteiger partial charge in [0.2, 0.25) is 0 Å². The summed E-state index contributed by atoms with van der Waals surface area (Å²) in [6.45, 7) is 2.50. The van der Waals surface area contributed by atoms with E-state index >= 15 is 0 Å². The molecule has 0 saturated carbocycles. The number of likely N-dealkylation sites (N-methyl/N-ethyl adjacent to an activating group) is 2. The second-order valence-electron chi connectivity index (χ2n) is 7.17. The number of esters is 2. The summed E-state index contributed by atoms with van der Waals surface area (Å²) in [6.07, 6.45) is 4.44. The van der Waals surface area contributed by atoms with Crippen molar-refractivity contribution in [3.8, 4) is 0 Å². The highest BCUT2D eigenvalue weighted by Crippen LogP contribution is 2.07. The summed E-state index contributed by atoms with van der Waals surface area (Å²) < 4.78 is 11.1. The predicted octanol–water partition coefficient (Wildman–Crippen LogP) is 1.68. The van der Waals surface area contributed by atoms with E-state index < -0.39 is 0 Å². The van der Waals surface area contributed by atoms with E-state index in [0.717, 1.165) is 43.3 Å². The number of nitrogens with zero attached hydrogens (tertiary/aromatic N) is 2. The third kappa shape index (κ3) is 17.1. The highest BCUT2D eigenvalue weighted by atomic mass is 16.5. The zero-order valence-electron chi connectivity index (χ0n) is 15.6. The lowest BCUT2D eigenvalue weighted by molar-refractivity contribution is -0.870. The minimum absolute atomic E-state index is 0.124. The number of carbonyl (C=O) groups excluding carboxylic acids is 2. The van der Waals surface area contributed by atoms with E-state index in [9.17, 15) is 9.59 Å². The van der Waals surface area contributed by atoms with E-state index in [-0.39, 0.29) is 11.9 Å². The molecule has 0 atom stereocenters. The molecule has 0 aromatic rings. The molecule has 0 aromatic carbocycles. The van der Waals surface area contributed by atoms with Crippen molar-refractivity contribution in [1.29, 1.82) is 0 Å². The number of hydrogen-bond donors (Lipinski definition) is 0. The van der Waals surface area contributed by atoms with Gasteiger partial charge >= 0.3 is 11.9 Å². The van der Waals surface area contributed by atoms with Crippen LogP contribution in [0.3, 0.4) is 0 Å². The van der Waals surface area contributed by atoms with Crippen LogP contribution in [0.1, 0.15) is 38.5 Å². The lowest BCUT2D eigenvalue weighted by atomic mass is 10.1. The number of unbranched alkanes of at least 4 members (excludes halogenated alkanes) is 3. The minimum Gasteiger partial charge on any atom is -0.464 e. The van der Waals surface area contributed by atoms with Gasteiger partial charge in [-0.3, -0.25) is 9.59 Å². The van der Waals surface area contributed by atoms with E-state index in [1.54, 1.807) is 0 Å². The monoisotopic (exact) mass is 331 g/mol. The maximum atomic E-state index is 11.5. The van der Waals surface area contributed by atoms with E-state index in [4.69, 9.17) is 9.47 Å². The van der Waals surface area contributed by atoms with Gasteiger partial charge in [0.05, 0.1) is 21.1 Å². The molecule has 0 bridgehead atoms. The summed E-state index contributed by atoms with van der Waals surface area (Å²) >= 11 is 0. The molecule has 6 heteroatoms. The maximum Gasteiger partial charge on any atom is 0.305 e. The molecule has 0 heterocycles. The van der Waals surface area contributed by atoms with E-state index in [2.05, 4.69) is 21.1 Å². The summed E-state index contributed by atoms with van der Waals surface area (Å²) in [6, 6.07) is 0. The minimum atomic E-state index is -0.133. The molecular formula is C17H35N2O4+. The highest BCUT2D eigenvalue weighted by Gasteiger charge is 2.09. The molecule has 0 aromatic heterocycles. The summed E-state index contributed by atoms with van der Waals surface area (Å²) in [4.78, 5) is 25.0. The number of quaternary nitrogens is 1. The van der Waals surface area contributed by atoms with Gasteiger partial charge in [0.15, 0.2) is 0 Å². The molecule has 0 aliphatic rings. The van der Waals surface area contributed by atoms with Gasteiger partial charge < -0.3 is 18.9 Å². The standard InChI is InChI=1S/C17H35N2O4/c1-18(2)12-14-22-16(20)10-8-6-7-9-11-17(21)23-15-13-19(3,4)5/h6-15H2,1-5H3/q+1. The van der Waals surface area contributed by atoms with Gasteiger partial charge in [0.1, 0.15) is 19.8 Å². The molecule has 0 amide bonds. The van der Waals surface area contributed by atoms with Crippen molar-refractivity contribution in [3.05, 3.63) is 0 Å². The Hall–Kier alpha value is -1.14. The number of hydrogen-bond acceptors (Lipinski definition) is 5. The van der Waals surface area contributed by atoms with Gasteiger partial charge in [-0.1, -0.05) is 12.8 Å². The van der Waals surface area contributed by atoms with Crippen LogP contribution in [-0.2, 0) is 19.1 Å². The largest absolute Gasteiger partial charge is 0.464 e. The Balaban J connectivity index is 3.41. The number of rotatable bonds is 13. The van der Waals surface area contributed by atoms with Gasteiger partial charge in [-0.05, 0) is 26.9 Å². The molecule has 0 spiro atoms. The Labute approximate surface area is 141 Å². The van der Waals surface area contributed by atoms with Crippen LogP contribution in [0.25, 0.3) is 0 Å². The zero-order valence-corrected chi connectivity index (χ0v) is 15.6. The molecule has 0 aliphatic heterocycles. The van der Waals surface area contributed by atoms with Crippen LogP contribution < -0.4 is 0 Å². The van der Waals surface area contributed by atoms with Crippen molar-refractivity contribution < 1.29 is 23.5 Å². The van der Waals surface area contributed by atoms with Crippen molar-refractivity contribution >= 4 is 11.9 Å². The van der Waals surface area contributed by atoms with Gasteiger partial charge in [-0.25, -0.2) is 0 Å². The summed E-state index contributed by atoms with van der Waals surface area (Å²) in [5, 5.41) is 0. The lowest BCUT2D eigenvalue weighted by Gasteiger charge is -2.23. The summed E-state index contributed by atoms with van der Waals surface area (Å²) in [5.74, 6) is -0.256. The zero-order chi connectivity index (χ0) is 17.7. The Bertz CT molecular complexity index is 338. The van der Waals surface area contributed by atoms with Crippen molar-refractivity contribution in [2.75, 3.05) is 61.5 Å². The van der Waals surface area contributed by atoms with Crippen LogP contribution in [-0.4, -0.2) is 82.9 Å². The van der Waals surface area contributed by atoms with Gasteiger partial charge in [0.25, 0.3) is 0 Å². The highest BCUT2D eigenvalue weighted by molar-refractivity contribution is 5.69. The number of carbonyl (C=O) groups is 2. The first kappa shape index (κ1) is 21.9. The van der Waals surface area contributed by atoms with Crippen molar-refractivity contribution in [2.45, 2.75) is 38.5 Å². The Morgan fingerprint density at radius 2 is 1.30 bits per heavy atom. The van der Waals surface area contributed by atoms with E-state index in [1.165, 1.54) is 0 Å². The first-order valence-corrected chi connectivity index (χ1v) is 8.47. The Kier molecular flexibility index (Phi) is 11.7. The van der Waals surface area contributed by atoms with Crippen LogP contribution in [0.4, 0.5) is 0 Å². The Morgan fingerprint density at radius 1 is 0.826 bits per heavy atom. The fourth-order valence-corrected chi connectivity index (χ4v) is 1.81. The molecule has 136 valence electrons. The van der Waals surface area contributed by atoms with Gasteiger partial charge in [-0.15, -0.1) is 0 Å². The fourth-order valence-electron chi connectivity index (χ4n) is 1.81. The van der Waals surface area contributed by atoms with Gasteiger partial charge in [0, 0.05) is 19.4 Å². The van der Waals surface area contributed by atoms with Crippen LogP contribution in [0.15, 0.2) is 0 Å². The molecule has 0 aliphatic carbocycles. The molecule has 0 fully saturated rings. The fraction of sp³-hybridized carbons (Fsp3) is 0.882. The third-order valence-electron chi connectivity index (χ3n) is 3.34. The second kappa shape index (κ2) is 12.3. The molecular weight excluding hydrogens is 296 g/mol. The van der Waals surface area contributed by atoms with Crippen LogP contribution in [0.2, 0.25) is 0 Å². The SMILES string of the molecule is CN(C)CCOC(=O)CCCCCCC(=O)OCC[N+](C)(C)C. The predicted molar refractivity (Wildman–Crippen MR) is 91.1 cm³/mol. The third-order valence-corrected chi connectivity index (χ3v) is 3.34. The van der Waals surface area contributed by atoms with Crippen molar-refractivity contribution in [3.63, 3.8) is 0 Å². The average molecular weight is 331 g/mol. The first-order valence-electron chi connectivity index (χ1n) is 8.47. The molecule has 0 radical (unpaired) electrons. The topological polar surface area (TPSA) is 55.8 Å². The quantitative estimate of drug-likeness (QED) is 0.292. The lowest BCUT2D eigenvalue weighted by Crippen LogP contribution is -2.37. The van der Waals surface area contributed by atoms with E-state index in [1.807, 2.05) is 19.0 Å². The van der Waals surface area contributed by atoms with Crippen LogP contribution in [0, 0.1) is 0 Å². The molecule has 0 N–H and O–H groups in total. The molecule has 0 unspecified atom stereocenters. The molecule has 23 heavy (non-hydrogen) atoms. The normalized spacial score (nSPS) is 11.6. The first-order chi connectivity index (χ1) is 10.7. The van der Waals surface area contributed by atoms with Crippen molar-refractivity contribution in [2.24, 2.45) is 0 Å². The molecule has 0 saturated heterocycles. The second-order valence-corrected chi connectivity index (χ2v) is 7.17. The average Bonchev–Trinajstić information content (AvgIpc) is 2.40. The number of ether oxygens (including phenoxy) is 2. The van der Waals surface area contributed by atoms with Crippen LogP contribution >= 0.6 is 0 Å². The van der Waals surface area contributed by atoms with Crippen molar-refractivity contribution in [1.82, 2.24) is 4.90 Å². The van der Waals surface area contributed by atoms with E-state index in [0.29, 0.717) is 26.1 Å². The molecule has 6 nitrogen and oxygen atoms in total.